The van der Waals surface area contributed by atoms with Gasteiger partial charge in [-0.1, -0.05) is 73.7 Å². The summed E-state index contributed by atoms with van der Waals surface area (Å²) in [5, 5.41) is 7.64. The van der Waals surface area contributed by atoms with Crippen molar-refractivity contribution in [3.05, 3.63) is 90.5 Å². The molecule has 0 unspecified atom stereocenters. The number of carbonyl (C=O) groups excluding carboxylic acids is 1. The minimum Gasteiger partial charge on any atom is -0.481 e. The summed E-state index contributed by atoms with van der Waals surface area (Å²) in [5.74, 6) is 0.621. The maximum absolute atomic E-state index is 12.6. The molecule has 28 heavy (non-hydrogen) atoms. The highest BCUT2D eigenvalue weighted by Gasteiger charge is 2.18. The first-order valence-electron chi connectivity index (χ1n) is 9.64. The van der Waals surface area contributed by atoms with Crippen LogP contribution >= 0.6 is 0 Å². The lowest BCUT2D eigenvalue weighted by Gasteiger charge is -2.18. The molecule has 0 saturated heterocycles. The first-order valence-corrected chi connectivity index (χ1v) is 9.64. The molecule has 0 saturated carbocycles. The van der Waals surface area contributed by atoms with E-state index in [1.54, 1.807) is 0 Å². The zero-order valence-corrected chi connectivity index (χ0v) is 15.9. The van der Waals surface area contributed by atoms with Crippen LogP contribution in [0.15, 0.2) is 84.9 Å². The molecule has 1 amide bonds. The minimum atomic E-state index is -0.512. The molecule has 0 heterocycles. The number of ether oxygens (including phenoxy) is 1. The molecular weight excluding hydrogens is 346 g/mol. The molecule has 3 heteroatoms. The summed E-state index contributed by atoms with van der Waals surface area (Å²) in [5.41, 5.74) is 1.08. The van der Waals surface area contributed by atoms with Crippen molar-refractivity contribution < 1.29 is 9.53 Å². The van der Waals surface area contributed by atoms with E-state index in [2.05, 4.69) is 35.6 Å². The summed E-state index contributed by atoms with van der Waals surface area (Å²) in [7, 11) is 0. The summed E-state index contributed by atoms with van der Waals surface area (Å²) < 4.78 is 5.98. The number of carbonyl (C=O) groups is 1. The molecule has 1 N–H and O–H groups in total. The molecule has 0 aromatic heterocycles. The zero-order chi connectivity index (χ0) is 19.3. The molecule has 0 aliphatic rings. The van der Waals surface area contributed by atoms with Crippen LogP contribution in [0.2, 0.25) is 0 Å². The lowest BCUT2D eigenvalue weighted by atomic mass is 10.1. The number of nitrogens with one attached hydrogen (secondary N) is 1. The second kappa shape index (κ2) is 8.13. The first kappa shape index (κ1) is 18.1. The van der Waals surface area contributed by atoms with Crippen LogP contribution in [0.25, 0.3) is 21.5 Å². The molecule has 4 aromatic carbocycles. The van der Waals surface area contributed by atoms with Crippen molar-refractivity contribution in [3.8, 4) is 5.75 Å². The van der Waals surface area contributed by atoms with Crippen LogP contribution in [0, 0.1) is 0 Å². The Morgan fingerprint density at radius 1 is 0.821 bits per heavy atom. The summed E-state index contributed by atoms with van der Waals surface area (Å²) in [6.07, 6.45) is 0.0951. The van der Waals surface area contributed by atoms with E-state index in [0.717, 1.165) is 16.3 Å². The van der Waals surface area contributed by atoms with E-state index >= 15 is 0 Å². The normalized spacial score (nSPS) is 12.0. The summed E-state index contributed by atoms with van der Waals surface area (Å²) >= 11 is 0. The third kappa shape index (κ3) is 3.99. The monoisotopic (exact) mass is 369 g/mol. The number of hydrogen-bond acceptors (Lipinski definition) is 2. The van der Waals surface area contributed by atoms with Crippen molar-refractivity contribution in [2.45, 2.75) is 26.0 Å². The van der Waals surface area contributed by atoms with Crippen molar-refractivity contribution >= 4 is 27.5 Å². The Morgan fingerprint density at radius 2 is 1.43 bits per heavy atom. The molecule has 0 spiro atoms. The van der Waals surface area contributed by atoms with E-state index < -0.39 is 6.10 Å². The summed E-state index contributed by atoms with van der Waals surface area (Å²) in [4.78, 5) is 12.6. The maximum atomic E-state index is 12.6. The number of hydrogen-bond donors (Lipinski definition) is 1. The third-order valence-corrected chi connectivity index (χ3v) is 4.94. The van der Waals surface area contributed by atoms with Gasteiger partial charge in [0, 0.05) is 6.54 Å². The van der Waals surface area contributed by atoms with E-state index in [0.29, 0.717) is 18.7 Å². The lowest BCUT2D eigenvalue weighted by Crippen LogP contribution is -2.37. The van der Waals surface area contributed by atoms with E-state index in [1.807, 2.05) is 61.5 Å². The Balaban J connectivity index is 1.42. The predicted molar refractivity (Wildman–Crippen MR) is 114 cm³/mol. The van der Waals surface area contributed by atoms with Crippen molar-refractivity contribution in [2.24, 2.45) is 0 Å². The van der Waals surface area contributed by atoms with Crippen LogP contribution in [0.1, 0.15) is 18.9 Å². The second-order valence-electron chi connectivity index (χ2n) is 6.92. The van der Waals surface area contributed by atoms with Crippen molar-refractivity contribution in [2.75, 3.05) is 0 Å². The Morgan fingerprint density at radius 3 is 2.11 bits per heavy atom. The van der Waals surface area contributed by atoms with Gasteiger partial charge >= 0.3 is 0 Å². The fourth-order valence-electron chi connectivity index (χ4n) is 3.38. The molecule has 0 radical (unpaired) electrons. The Hall–Kier alpha value is -3.33. The Bertz CT molecular complexity index is 1120. The Labute approximate surface area is 165 Å². The number of benzene rings is 4. The molecule has 140 valence electrons. The smallest absolute Gasteiger partial charge is 0.261 e. The highest BCUT2D eigenvalue weighted by Crippen LogP contribution is 2.22. The summed E-state index contributed by atoms with van der Waals surface area (Å²) in [6.45, 7) is 2.45. The minimum absolute atomic E-state index is 0.0937. The van der Waals surface area contributed by atoms with Gasteiger partial charge in [0.15, 0.2) is 6.10 Å². The van der Waals surface area contributed by atoms with Crippen LogP contribution in [0.3, 0.4) is 0 Å². The van der Waals surface area contributed by atoms with Gasteiger partial charge in [-0.25, -0.2) is 0 Å². The van der Waals surface area contributed by atoms with Crippen molar-refractivity contribution in [3.63, 3.8) is 0 Å². The van der Waals surface area contributed by atoms with Gasteiger partial charge in [-0.05, 0) is 51.7 Å². The van der Waals surface area contributed by atoms with Gasteiger partial charge in [-0.15, -0.1) is 0 Å². The van der Waals surface area contributed by atoms with Gasteiger partial charge < -0.3 is 10.1 Å². The summed E-state index contributed by atoms with van der Waals surface area (Å²) in [6, 6.07) is 28.5. The van der Waals surface area contributed by atoms with Crippen LogP contribution in [0.5, 0.6) is 5.75 Å². The van der Waals surface area contributed by atoms with E-state index in [4.69, 9.17) is 4.74 Å². The lowest BCUT2D eigenvalue weighted by molar-refractivity contribution is -0.128. The highest BCUT2D eigenvalue weighted by molar-refractivity contribution is 5.85. The predicted octanol–water partition coefficient (Wildman–Crippen LogP) is 5.47. The van der Waals surface area contributed by atoms with Gasteiger partial charge in [-0.3, -0.25) is 4.79 Å². The van der Waals surface area contributed by atoms with Crippen LogP contribution in [-0.4, -0.2) is 12.0 Å². The van der Waals surface area contributed by atoms with Gasteiger partial charge in [0.05, 0.1) is 0 Å². The van der Waals surface area contributed by atoms with Crippen LogP contribution in [0.4, 0.5) is 0 Å². The average molecular weight is 369 g/mol. The van der Waals surface area contributed by atoms with Gasteiger partial charge in [0.1, 0.15) is 5.75 Å². The van der Waals surface area contributed by atoms with Crippen molar-refractivity contribution in [1.82, 2.24) is 5.32 Å². The largest absolute Gasteiger partial charge is 0.481 e. The van der Waals surface area contributed by atoms with E-state index in [-0.39, 0.29) is 5.91 Å². The molecule has 0 fully saturated rings. The molecule has 3 nitrogen and oxygen atoms in total. The fourth-order valence-corrected chi connectivity index (χ4v) is 3.38. The quantitative estimate of drug-likeness (QED) is 0.490. The molecular formula is C25H23NO2. The second-order valence-corrected chi connectivity index (χ2v) is 6.92. The van der Waals surface area contributed by atoms with Crippen LogP contribution < -0.4 is 10.1 Å². The number of fused-ring (bicyclic) bond motifs is 2. The zero-order valence-electron chi connectivity index (χ0n) is 15.9. The molecule has 4 aromatic rings. The average Bonchev–Trinajstić information content (AvgIpc) is 2.75. The van der Waals surface area contributed by atoms with Crippen LogP contribution in [-0.2, 0) is 11.3 Å². The number of rotatable bonds is 6. The topological polar surface area (TPSA) is 38.3 Å². The standard InChI is InChI=1S/C25H23NO2/c1-2-24(28-23-14-13-20-8-4-6-10-22(20)16-23)25(27)26-17-18-11-12-19-7-3-5-9-21(19)15-18/h3-16,24H,2,17H2,1H3,(H,26,27)/t24-/m1/s1. The van der Waals surface area contributed by atoms with E-state index in [1.165, 1.54) is 10.8 Å². The molecule has 1 atom stereocenters. The molecule has 0 aliphatic heterocycles. The Kier molecular flexibility index (Phi) is 5.24. The number of amides is 1. The molecule has 0 aliphatic carbocycles. The molecule has 4 rings (SSSR count). The third-order valence-electron chi connectivity index (χ3n) is 4.94. The van der Waals surface area contributed by atoms with Crippen molar-refractivity contribution in [1.29, 1.82) is 0 Å². The van der Waals surface area contributed by atoms with Gasteiger partial charge in [-0.2, -0.15) is 0 Å². The fraction of sp³-hybridized carbons (Fsp3) is 0.160. The molecule has 0 bridgehead atoms. The van der Waals surface area contributed by atoms with Gasteiger partial charge in [0.25, 0.3) is 5.91 Å². The SMILES string of the molecule is CC[C@@H](Oc1ccc2ccccc2c1)C(=O)NCc1ccc2ccccc2c1. The first-order chi connectivity index (χ1) is 13.7. The van der Waals surface area contributed by atoms with Gasteiger partial charge in [0.2, 0.25) is 0 Å². The highest BCUT2D eigenvalue weighted by atomic mass is 16.5. The maximum Gasteiger partial charge on any atom is 0.261 e. The van der Waals surface area contributed by atoms with E-state index in [9.17, 15) is 4.79 Å².